The molecule has 1 unspecified atom stereocenters. The summed E-state index contributed by atoms with van der Waals surface area (Å²) >= 11 is 0. The number of phenolic OH excluding ortho intramolecular Hbond substituents is 4. The number of benzene rings is 2. The van der Waals surface area contributed by atoms with Gasteiger partial charge in [-0.25, -0.2) is 0 Å². The van der Waals surface area contributed by atoms with Crippen molar-refractivity contribution in [2.45, 2.75) is 5.79 Å². The van der Waals surface area contributed by atoms with Crippen LogP contribution in [0.3, 0.4) is 0 Å². The third kappa shape index (κ3) is 2.04. The van der Waals surface area contributed by atoms with Gasteiger partial charge in [0.2, 0.25) is 11.6 Å². The number of rotatable bonds is 2. The van der Waals surface area contributed by atoms with Crippen molar-refractivity contribution in [1.29, 1.82) is 0 Å². The molecule has 0 fully saturated rings. The molecule has 0 radical (unpaired) electrons. The average molecular weight is 318 g/mol. The van der Waals surface area contributed by atoms with Crippen molar-refractivity contribution in [1.82, 2.24) is 0 Å². The minimum atomic E-state index is -2.95. The number of phenols is 4. The number of fused-ring (bicyclic) bond motifs is 1. The van der Waals surface area contributed by atoms with Crippen molar-refractivity contribution in [3.8, 4) is 28.7 Å². The van der Waals surface area contributed by atoms with Gasteiger partial charge in [0, 0.05) is 17.7 Å². The highest BCUT2D eigenvalue weighted by Gasteiger charge is 2.54. The molecule has 1 atom stereocenters. The Morgan fingerprint density at radius 3 is 2.30 bits per heavy atom. The Morgan fingerprint density at radius 2 is 1.65 bits per heavy atom. The smallest absolute Gasteiger partial charge is 0.339 e. The average Bonchev–Trinajstić information content (AvgIpc) is 2.73. The van der Waals surface area contributed by atoms with E-state index in [0.29, 0.717) is 0 Å². The van der Waals surface area contributed by atoms with E-state index in [2.05, 4.69) is 0 Å². The van der Waals surface area contributed by atoms with Gasteiger partial charge in [0.25, 0.3) is 0 Å². The molecule has 0 aromatic heterocycles. The van der Waals surface area contributed by atoms with Crippen molar-refractivity contribution in [3.63, 3.8) is 0 Å². The van der Waals surface area contributed by atoms with Gasteiger partial charge in [0.15, 0.2) is 11.5 Å². The minimum absolute atomic E-state index is 0.298. The van der Waals surface area contributed by atoms with Crippen LogP contribution in [0.5, 0.6) is 28.7 Å². The van der Waals surface area contributed by atoms with Crippen LogP contribution in [0.2, 0.25) is 0 Å². The molecule has 0 saturated carbocycles. The number of ketones is 2. The normalized spacial score (nSPS) is 19.3. The Morgan fingerprint density at radius 1 is 0.957 bits per heavy atom. The van der Waals surface area contributed by atoms with Crippen molar-refractivity contribution in [3.05, 3.63) is 41.5 Å². The van der Waals surface area contributed by atoms with Crippen LogP contribution >= 0.6 is 0 Å². The van der Waals surface area contributed by atoms with Gasteiger partial charge in [-0.2, -0.15) is 0 Å². The van der Waals surface area contributed by atoms with Crippen LogP contribution in [-0.4, -0.2) is 42.9 Å². The second-order valence-corrected chi connectivity index (χ2v) is 4.95. The third-order valence-corrected chi connectivity index (χ3v) is 3.40. The van der Waals surface area contributed by atoms with E-state index in [1.54, 1.807) is 0 Å². The van der Waals surface area contributed by atoms with Crippen LogP contribution in [0.15, 0.2) is 30.3 Å². The van der Waals surface area contributed by atoms with E-state index < -0.39 is 45.9 Å². The first-order valence-corrected chi connectivity index (χ1v) is 6.33. The van der Waals surface area contributed by atoms with E-state index >= 15 is 0 Å². The van der Waals surface area contributed by atoms with Crippen molar-refractivity contribution < 1.29 is 39.9 Å². The minimum Gasteiger partial charge on any atom is -0.508 e. The van der Waals surface area contributed by atoms with Crippen molar-refractivity contribution >= 4 is 11.6 Å². The lowest BCUT2D eigenvalue weighted by molar-refractivity contribution is -0.0619. The number of carbonyl (C=O) groups excluding carboxylic acids is 2. The number of Topliss-reactive ketones (excluding diaryl/α,β-unsaturated/α-hetero) is 2. The maximum Gasteiger partial charge on any atom is 0.339 e. The first-order chi connectivity index (χ1) is 10.7. The maximum atomic E-state index is 12.4. The first kappa shape index (κ1) is 14.7. The van der Waals surface area contributed by atoms with Gasteiger partial charge in [-0.3, -0.25) is 9.59 Å². The number of aliphatic hydroxyl groups is 1. The van der Waals surface area contributed by atoms with Gasteiger partial charge < -0.3 is 30.3 Å². The molecular weight excluding hydrogens is 308 g/mol. The Bertz CT molecular complexity index is 857. The second kappa shape index (κ2) is 4.62. The summed E-state index contributed by atoms with van der Waals surface area (Å²) < 4.78 is 4.95. The molecule has 1 aliphatic rings. The molecule has 8 nitrogen and oxygen atoms in total. The highest BCUT2D eigenvalue weighted by atomic mass is 16.6. The highest BCUT2D eigenvalue weighted by Crippen LogP contribution is 2.43. The maximum absolute atomic E-state index is 12.4. The predicted octanol–water partition coefficient (Wildman–Crippen LogP) is 0.656. The van der Waals surface area contributed by atoms with Gasteiger partial charge in [-0.1, -0.05) is 0 Å². The summed E-state index contributed by atoms with van der Waals surface area (Å²) in [5.41, 5.74) is -0.741. The van der Waals surface area contributed by atoms with E-state index in [4.69, 9.17) is 4.74 Å². The molecule has 1 aliphatic heterocycles. The number of ether oxygens (including phenoxy) is 1. The zero-order valence-corrected chi connectivity index (χ0v) is 11.3. The van der Waals surface area contributed by atoms with Crippen LogP contribution in [0.4, 0.5) is 0 Å². The zero-order chi connectivity index (χ0) is 16.9. The SMILES string of the molecule is O=C(c1ccc(O)c(O)c1)C1(O)Oc2cc(O)cc(O)c2C1=O. The number of hydrogen-bond acceptors (Lipinski definition) is 8. The third-order valence-electron chi connectivity index (χ3n) is 3.40. The fraction of sp³-hybridized carbons (Fsp3) is 0.0667. The summed E-state index contributed by atoms with van der Waals surface area (Å²) in [4.78, 5) is 24.6. The molecule has 3 rings (SSSR count). The largest absolute Gasteiger partial charge is 0.508 e. The number of aromatic hydroxyl groups is 4. The Balaban J connectivity index is 2.06. The molecule has 8 heteroatoms. The molecule has 0 spiro atoms. The summed E-state index contributed by atoms with van der Waals surface area (Å²) in [7, 11) is 0. The van der Waals surface area contributed by atoms with Gasteiger partial charge >= 0.3 is 5.79 Å². The Hall–Kier alpha value is -3.26. The van der Waals surface area contributed by atoms with Gasteiger partial charge in [-0.05, 0) is 18.2 Å². The molecule has 2 aromatic rings. The molecule has 0 aliphatic carbocycles. The fourth-order valence-corrected chi connectivity index (χ4v) is 2.28. The van der Waals surface area contributed by atoms with E-state index in [-0.39, 0.29) is 11.3 Å². The second-order valence-electron chi connectivity index (χ2n) is 4.95. The van der Waals surface area contributed by atoms with Crippen molar-refractivity contribution in [2.24, 2.45) is 0 Å². The lowest BCUT2D eigenvalue weighted by Crippen LogP contribution is -2.48. The predicted molar refractivity (Wildman–Crippen MR) is 73.8 cm³/mol. The van der Waals surface area contributed by atoms with E-state index in [9.17, 15) is 35.1 Å². The molecule has 1 heterocycles. The van der Waals surface area contributed by atoms with Gasteiger partial charge in [0.05, 0.1) is 0 Å². The summed E-state index contributed by atoms with van der Waals surface area (Å²) in [6.45, 7) is 0. The quantitative estimate of drug-likeness (QED) is 0.308. The van der Waals surface area contributed by atoms with Gasteiger partial charge in [0.1, 0.15) is 22.8 Å². The van der Waals surface area contributed by atoms with Crippen LogP contribution in [0, 0.1) is 0 Å². The van der Waals surface area contributed by atoms with Crippen LogP contribution in [-0.2, 0) is 0 Å². The first-order valence-electron chi connectivity index (χ1n) is 6.33. The topological polar surface area (TPSA) is 145 Å². The van der Waals surface area contributed by atoms with E-state index in [0.717, 1.165) is 30.3 Å². The lowest BCUT2D eigenvalue weighted by Gasteiger charge is -2.19. The lowest BCUT2D eigenvalue weighted by atomic mass is 9.96. The summed E-state index contributed by atoms with van der Waals surface area (Å²) in [5, 5.41) is 48.0. The molecule has 5 N–H and O–H groups in total. The molecular formula is C15H10O8. The zero-order valence-electron chi connectivity index (χ0n) is 11.3. The molecule has 0 bridgehead atoms. The highest BCUT2D eigenvalue weighted by molar-refractivity contribution is 6.24. The molecule has 0 amide bonds. The van der Waals surface area contributed by atoms with Gasteiger partial charge in [-0.15, -0.1) is 0 Å². The van der Waals surface area contributed by atoms with E-state index in [1.807, 2.05) is 0 Å². The summed E-state index contributed by atoms with van der Waals surface area (Å²) in [6, 6.07) is 4.76. The van der Waals surface area contributed by atoms with Crippen LogP contribution < -0.4 is 4.74 Å². The molecule has 2 aromatic carbocycles. The molecule has 0 saturated heterocycles. The van der Waals surface area contributed by atoms with Crippen LogP contribution in [0.25, 0.3) is 0 Å². The standard InChI is InChI=1S/C15H10O8/c16-7-4-10(19)12-11(5-7)23-15(22,14(12)21)13(20)6-1-2-8(17)9(18)3-6/h1-5,16-19,22H. The van der Waals surface area contributed by atoms with Crippen molar-refractivity contribution in [2.75, 3.05) is 0 Å². The molecule has 118 valence electrons. The number of carbonyl (C=O) groups is 2. The Labute approximate surface area is 128 Å². The fourth-order valence-electron chi connectivity index (χ4n) is 2.28. The monoisotopic (exact) mass is 318 g/mol. The van der Waals surface area contributed by atoms with E-state index in [1.165, 1.54) is 0 Å². The summed E-state index contributed by atoms with van der Waals surface area (Å²) in [5.74, 6) is -7.89. The number of hydrogen-bond donors (Lipinski definition) is 5. The summed E-state index contributed by atoms with van der Waals surface area (Å²) in [6.07, 6.45) is 0. The Kier molecular flexibility index (Phi) is 2.94. The van der Waals surface area contributed by atoms with Crippen LogP contribution in [0.1, 0.15) is 20.7 Å². The molecule has 23 heavy (non-hydrogen) atoms.